The van der Waals surface area contributed by atoms with Crippen molar-refractivity contribution in [2.45, 2.75) is 39.4 Å². The van der Waals surface area contributed by atoms with E-state index in [0.717, 1.165) is 0 Å². The van der Waals surface area contributed by atoms with Gasteiger partial charge in [-0.1, -0.05) is 29.8 Å². The molecule has 8 heteroatoms. The summed E-state index contributed by atoms with van der Waals surface area (Å²) in [5.41, 5.74) is 0.742. The number of carbonyl (C=O) groups excluding carboxylic acids is 2. The average Bonchev–Trinajstić information content (AvgIpc) is 2.75. The van der Waals surface area contributed by atoms with Crippen molar-refractivity contribution in [2.24, 2.45) is 0 Å². The first-order chi connectivity index (χ1) is 14.8. The van der Waals surface area contributed by atoms with E-state index in [1.807, 2.05) is 26.0 Å². The molecule has 0 aliphatic heterocycles. The number of methoxy groups -OCH3 is 1. The Kier molecular flexibility index (Phi) is 8.71. The molecule has 0 heterocycles. The molecule has 31 heavy (non-hydrogen) atoms. The smallest absolute Gasteiger partial charge is 0.339 e. The van der Waals surface area contributed by atoms with Crippen molar-refractivity contribution in [1.29, 1.82) is 5.26 Å². The van der Waals surface area contributed by atoms with Gasteiger partial charge in [-0.05, 0) is 45.0 Å². The zero-order valence-corrected chi connectivity index (χ0v) is 18.7. The summed E-state index contributed by atoms with van der Waals surface area (Å²) >= 11 is 6.27. The van der Waals surface area contributed by atoms with Gasteiger partial charge in [0.1, 0.15) is 0 Å². The van der Waals surface area contributed by atoms with Gasteiger partial charge in [0.05, 0.1) is 36.3 Å². The maximum absolute atomic E-state index is 13.0. The summed E-state index contributed by atoms with van der Waals surface area (Å²) in [4.78, 5) is 27.1. The number of halogens is 1. The average molecular weight is 445 g/mol. The molecule has 0 saturated carbocycles. The summed E-state index contributed by atoms with van der Waals surface area (Å²) in [6, 6.07) is 13.8. The van der Waals surface area contributed by atoms with Crippen LogP contribution in [0.1, 0.15) is 37.6 Å². The number of ether oxygens (including phenoxy) is 3. The third-order valence-electron chi connectivity index (χ3n) is 4.23. The van der Waals surface area contributed by atoms with Crippen molar-refractivity contribution in [3.8, 4) is 17.6 Å². The fourth-order valence-corrected chi connectivity index (χ4v) is 3.08. The van der Waals surface area contributed by atoms with Crippen LogP contribution in [0.4, 0.5) is 5.69 Å². The van der Waals surface area contributed by atoms with Crippen molar-refractivity contribution in [1.82, 2.24) is 0 Å². The molecule has 1 amide bonds. The summed E-state index contributed by atoms with van der Waals surface area (Å²) in [7, 11) is 1.44. The first-order valence-corrected chi connectivity index (χ1v) is 10.1. The summed E-state index contributed by atoms with van der Waals surface area (Å²) < 4.78 is 16.3. The Balaban J connectivity index is 2.21. The summed E-state index contributed by atoms with van der Waals surface area (Å²) in [6.45, 7) is 5.35. The lowest BCUT2D eigenvalue weighted by Crippen LogP contribution is -2.40. The maximum atomic E-state index is 13.0. The van der Waals surface area contributed by atoms with E-state index < -0.39 is 18.0 Å². The molecule has 2 rings (SSSR count). The van der Waals surface area contributed by atoms with E-state index in [2.05, 4.69) is 0 Å². The van der Waals surface area contributed by atoms with Crippen LogP contribution >= 0.6 is 11.6 Å². The van der Waals surface area contributed by atoms with Crippen LogP contribution in [0.2, 0.25) is 5.02 Å². The van der Waals surface area contributed by atoms with Crippen LogP contribution in [0.3, 0.4) is 0 Å². The number of nitrogens with zero attached hydrogens (tertiary/aromatic N) is 2. The highest BCUT2D eigenvalue weighted by atomic mass is 35.5. The van der Waals surface area contributed by atoms with E-state index in [0.29, 0.717) is 11.4 Å². The molecule has 0 spiro atoms. The van der Waals surface area contributed by atoms with E-state index in [1.165, 1.54) is 31.1 Å². The Bertz CT molecular complexity index is 956. The third-order valence-corrected chi connectivity index (χ3v) is 4.51. The Morgan fingerprint density at radius 1 is 1.16 bits per heavy atom. The second-order valence-corrected chi connectivity index (χ2v) is 7.34. The topological polar surface area (TPSA) is 88.9 Å². The quantitative estimate of drug-likeness (QED) is 0.524. The molecule has 2 aromatic rings. The van der Waals surface area contributed by atoms with Crippen LogP contribution in [0.15, 0.2) is 42.5 Å². The van der Waals surface area contributed by atoms with E-state index in [-0.39, 0.29) is 35.4 Å². The van der Waals surface area contributed by atoms with Crippen LogP contribution in [-0.2, 0) is 9.53 Å². The Hall–Kier alpha value is -3.24. The number of rotatable bonds is 9. The molecule has 0 fully saturated rings. The number of hydrogen-bond acceptors (Lipinski definition) is 6. The molecule has 0 bridgehead atoms. The highest BCUT2D eigenvalue weighted by Gasteiger charge is 2.26. The highest BCUT2D eigenvalue weighted by Crippen LogP contribution is 2.37. The standard InChI is InChI=1S/C23H25ClN2O5/c1-15(2)30-21-19(24)13-17(14-20(21)29-4)23(28)31-16(3)22(27)26(12-8-11-25)18-9-6-5-7-10-18/h5-7,9-10,13-16H,8,12H2,1-4H3. The number of para-hydroxylation sites is 1. The number of amides is 1. The van der Waals surface area contributed by atoms with Gasteiger partial charge in [0, 0.05) is 12.2 Å². The van der Waals surface area contributed by atoms with E-state index in [4.69, 9.17) is 31.1 Å². The molecular weight excluding hydrogens is 420 g/mol. The number of anilines is 1. The molecule has 164 valence electrons. The zero-order valence-electron chi connectivity index (χ0n) is 17.9. The first kappa shape index (κ1) is 24.0. The monoisotopic (exact) mass is 444 g/mol. The van der Waals surface area contributed by atoms with Gasteiger partial charge in [-0.2, -0.15) is 5.26 Å². The molecular formula is C23H25ClN2O5. The second kappa shape index (κ2) is 11.2. The summed E-state index contributed by atoms with van der Waals surface area (Å²) in [5, 5.41) is 9.11. The van der Waals surface area contributed by atoms with Crippen molar-refractivity contribution in [2.75, 3.05) is 18.6 Å². The van der Waals surface area contributed by atoms with Crippen molar-refractivity contribution >= 4 is 29.2 Å². The van der Waals surface area contributed by atoms with Gasteiger partial charge in [-0.3, -0.25) is 4.79 Å². The number of hydrogen-bond donors (Lipinski definition) is 0. The predicted octanol–water partition coefficient (Wildman–Crippen LogP) is 4.63. The Labute approximate surface area is 187 Å². The lowest BCUT2D eigenvalue weighted by molar-refractivity contribution is -0.126. The lowest BCUT2D eigenvalue weighted by Gasteiger charge is -2.25. The molecule has 0 aliphatic rings. The molecule has 1 atom stereocenters. The van der Waals surface area contributed by atoms with Gasteiger partial charge in [-0.15, -0.1) is 0 Å². The van der Waals surface area contributed by atoms with Crippen LogP contribution in [-0.4, -0.2) is 37.7 Å². The second-order valence-electron chi connectivity index (χ2n) is 6.94. The fraction of sp³-hybridized carbons (Fsp3) is 0.348. The van der Waals surface area contributed by atoms with Crippen LogP contribution in [0.25, 0.3) is 0 Å². The number of benzene rings is 2. The molecule has 1 unspecified atom stereocenters. The zero-order chi connectivity index (χ0) is 23.0. The molecule has 2 aromatic carbocycles. The van der Waals surface area contributed by atoms with Gasteiger partial charge in [0.15, 0.2) is 17.6 Å². The summed E-state index contributed by atoms with van der Waals surface area (Å²) in [6.07, 6.45) is -1.08. The minimum absolute atomic E-state index is 0.126. The minimum Gasteiger partial charge on any atom is -0.493 e. The first-order valence-electron chi connectivity index (χ1n) is 9.77. The fourth-order valence-electron chi connectivity index (χ4n) is 2.82. The highest BCUT2D eigenvalue weighted by molar-refractivity contribution is 6.32. The molecule has 0 saturated heterocycles. The van der Waals surface area contributed by atoms with Gasteiger partial charge in [0.25, 0.3) is 5.91 Å². The normalized spacial score (nSPS) is 11.4. The number of nitriles is 1. The van der Waals surface area contributed by atoms with Crippen LogP contribution in [0.5, 0.6) is 11.5 Å². The van der Waals surface area contributed by atoms with Gasteiger partial charge < -0.3 is 19.1 Å². The van der Waals surface area contributed by atoms with Gasteiger partial charge in [-0.25, -0.2) is 4.79 Å². The van der Waals surface area contributed by atoms with Crippen molar-refractivity contribution in [3.05, 3.63) is 53.1 Å². The van der Waals surface area contributed by atoms with Crippen molar-refractivity contribution < 1.29 is 23.8 Å². The number of carbonyl (C=O) groups is 2. The number of esters is 1. The molecule has 0 N–H and O–H groups in total. The van der Waals surface area contributed by atoms with E-state index in [9.17, 15) is 9.59 Å². The van der Waals surface area contributed by atoms with Gasteiger partial charge in [0.2, 0.25) is 0 Å². The molecule has 7 nitrogen and oxygen atoms in total. The van der Waals surface area contributed by atoms with Crippen molar-refractivity contribution in [3.63, 3.8) is 0 Å². The van der Waals surface area contributed by atoms with E-state index in [1.54, 1.807) is 24.3 Å². The largest absolute Gasteiger partial charge is 0.493 e. The Morgan fingerprint density at radius 3 is 2.42 bits per heavy atom. The summed E-state index contributed by atoms with van der Waals surface area (Å²) in [5.74, 6) is -0.559. The predicted molar refractivity (Wildman–Crippen MR) is 118 cm³/mol. The molecule has 0 aliphatic carbocycles. The van der Waals surface area contributed by atoms with Crippen LogP contribution in [0, 0.1) is 11.3 Å². The lowest BCUT2D eigenvalue weighted by atomic mass is 10.2. The SMILES string of the molecule is COc1cc(C(=O)OC(C)C(=O)N(CCC#N)c2ccccc2)cc(Cl)c1OC(C)C. The molecule has 0 radical (unpaired) electrons. The van der Waals surface area contributed by atoms with Gasteiger partial charge >= 0.3 is 5.97 Å². The minimum atomic E-state index is -1.08. The molecule has 0 aromatic heterocycles. The maximum Gasteiger partial charge on any atom is 0.339 e. The Morgan fingerprint density at radius 2 is 1.84 bits per heavy atom. The third kappa shape index (κ3) is 6.37. The van der Waals surface area contributed by atoms with E-state index >= 15 is 0 Å². The van der Waals surface area contributed by atoms with Crippen LogP contribution < -0.4 is 14.4 Å².